The third kappa shape index (κ3) is 15.6. The van der Waals surface area contributed by atoms with Crippen molar-refractivity contribution in [2.45, 2.75) is 71.9 Å². The van der Waals surface area contributed by atoms with Crippen molar-refractivity contribution in [2.24, 2.45) is 5.41 Å². The first-order valence-corrected chi connectivity index (χ1v) is 25.2. The number of carbonyl (C=O) groups is 6. The molecule has 0 unspecified atom stereocenters. The fourth-order valence-electron chi connectivity index (χ4n) is 6.64. The number of aromatic nitrogens is 1. The van der Waals surface area contributed by atoms with Gasteiger partial charge in [0.2, 0.25) is 17.7 Å². The molecule has 0 aliphatic carbocycles. The first-order chi connectivity index (χ1) is 28.8. The lowest BCUT2D eigenvalue weighted by atomic mass is 9.83. The van der Waals surface area contributed by atoms with Gasteiger partial charge in [0.25, 0.3) is 11.8 Å². The molecule has 3 aromatic rings. The molecular weight excluding hydrogens is 823 g/mol. The lowest BCUT2D eigenvalue weighted by Gasteiger charge is -2.41. The largest absolute Gasteiger partial charge is 0.450 e. The van der Waals surface area contributed by atoms with E-state index in [-0.39, 0.29) is 55.7 Å². The van der Waals surface area contributed by atoms with Crippen molar-refractivity contribution in [1.29, 1.82) is 0 Å². The summed E-state index contributed by atoms with van der Waals surface area (Å²) in [5, 5.41) is 8.08. The minimum Gasteiger partial charge on any atom is -0.450 e. The van der Waals surface area contributed by atoms with Gasteiger partial charge in [0.1, 0.15) is 18.2 Å². The highest BCUT2D eigenvalue weighted by Crippen LogP contribution is 2.41. The van der Waals surface area contributed by atoms with Gasteiger partial charge in [-0.3, -0.25) is 28.9 Å². The van der Waals surface area contributed by atoms with Crippen LogP contribution in [0.1, 0.15) is 50.9 Å². The van der Waals surface area contributed by atoms with E-state index in [0.29, 0.717) is 36.6 Å². The maximum absolute atomic E-state index is 15.2. The van der Waals surface area contributed by atoms with Crippen LogP contribution in [-0.2, 0) is 35.3 Å². The molecule has 0 fully saturated rings. The third-order valence-corrected chi connectivity index (χ3v) is 12.3. The molecule has 6 amide bonds. The first kappa shape index (κ1) is 48.4. The van der Waals surface area contributed by atoms with Crippen LogP contribution in [-0.4, -0.2) is 109 Å². The maximum Gasteiger partial charge on any atom is 0.407 e. The van der Waals surface area contributed by atoms with E-state index in [1.807, 2.05) is 61.7 Å². The highest BCUT2D eigenvalue weighted by Gasteiger charge is 2.37. The Morgan fingerprint density at radius 2 is 1.56 bits per heavy atom. The van der Waals surface area contributed by atoms with Gasteiger partial charge in [-0.2, -0.15) is 11.8 Å². The Balaban J connectivity index is 1.47. The number of ether oxygens (including phenoxy) is 1. The number of thioether (sulfide) groups is 1. The number of benzene rings is 2. The molecule has 17 heteroatoms. The summed E-state index contributed by atoms with van der Waals surface area (Å²) in [5.74, 6) is -2.95. The Labute approximate surface area is 362 Å². The van der Waals surface area contributed by atoms with E-state index in [1.165, 1.54) is 11.8 Å². The molecule has 1 aromatic heterocycles. The van der Waals surface area contributed by atoms with Crippen molar-refractivity contribution >= 4 is 55.5 Å². The molecule has 330 valence electrons. The van der Waals surface area contributed by atoms with E-state index < -0.39 is 61.5 Å². The number of hydrogen-bond donors (Lipinski definition) is 3. The highest BCUT2D eigenvalue weighted by molar-refractivity contribution is 7.99. The fourth-order valence-corrected chi connectivity index (χ4v) is 8.17. The lowest BCUT2D eigenvalue weighted by Crippen LogP contribution is -2.44. The quantitative estimate of drug-likeness (QED) is 0.0618. The van der Waals surface area contributed by atoms with Gasteiger partial charge in [-0.25, -0.2) is 13.6 Å². The molecule has 1 atom stereocenters. The van der Waals surface area contributed by atoms with E-state index in [4.69, 9.17) is 4.74 Å². The molecule has 4 rings (SSSR count). The van der Waals surface area contributed by atoms with Crippen molar-refractivity contribution in [3.63, 3.8) is 0 Å². The van der Waals surface area contributed by atoms with Crippen LogP contribution < -0.4 is 16.0 Å². The zero-order valence-electron chi connectivity index (χ0n) is 35.9. The van der Waals surface area contributed by atoms with Crippen LogP contribution in [0.2, 0.25) is 25.7 Å². The second-order valence-corrected chi connectivity index (χ2v) is 23.8. The van der Waals surface area contributed by atoms with Crippen molar-refractivity contribution in [1.82, 2.24) is 30.3 Å². The Morgan fingerprint density at radius 3 is 2.21 bits per heavy atom. The Hall–Kier alpha value is -5.29. The zero-order chi connectivity index (χ0) is 44.7. The minimum absolute atomic E-state index is 0.0374. The molecule has 0 radical (unpaired) electrons. The van der Waals surface area contributed by atoms with Crippen molar-refractivity contribution in [3.8, 4) is 11.1 Å². The van der Waals surface area contributed by atoms with E-state index in [1.54, 1.807) is 11.1 Å². The number of alkyl carbamates (subject to hydrolysis) is 1. The number of amides is 6. The molecule has 13 nitrogen and oxygen atoms in total. The summed E-state index contributed by atoms with van der Waals surface area (Å²) in [6.07, 6.45) is 3.95. The standard InChI is InChI=1S/C44H58F2N6O7SSi/c1-44(2,3)42(36-25-32(34-26-33(45)13-14-35(34)46)28-50(36)27-31-11-8-7-9-12-31)51(21-10-18-49-43(58)59-22-24-61(4,5)6)41(57)30-60-23-17-37(53)47-19-20-48-38(54)29-52-39(55)15-16-40(52)56/h7-9,11-16,25-26,28,42H,10,17-24,27,29-30H2,1-6H3,(H,47,53)(H,48,54)(H,49,58)/t42-/m0/s1. The molecule has 0 spiro atoms. The molecule has 61 heavy (non-hydrogen) atoms. The first-order valence-electron chi connectivity index (χ1n) is 20.4. The smallest absolute Gasteiger partial charge is 0.407 e. The maximum atomic E-state index is 15.2. The van der Waals surface area contributed by atoms with Crippen LogP contribution in [0, 0.1) is 17.0 Å². The average molecular weight is 881 g/mol. The van der Waals surface area contributed by atoms with E-state index in [2.05, 4.69) is 35.6 Å². The second kappa shape index (κ2) is 22.5. The van der Waals surface area contributed by atoms with Crippen LogP contribution in [0.3, 0.4) is 0 Å². The van der Waals surface area contributed by atoms with Crippen LogP contribution in [0.4, 0.5) is 13.6 Å². The monoisotopic (exact) mass is 880 g/mol. The number of halogens is 2. The number of nitrogens with zero attached hydrogens (tertiary/aromatic N) is 3. The van der Waals surface area contributed by atoms with Gasteiger partial charge in [0.15, 0.2) is 0 Å². The SMILES string of the molecule is CC(C)(C)[C@H](c1cc(-c2cc(F)ccc2F)cn1Cc1ccccc1)N(CCCNC(=O)OCC[Si](C)(C)C)C(=O)CSCCC(=O)NCCNC(=O)CN1C(=O)C=CC1=O. The lowest BCUT2D eigenvalue weighted by molar-refractivity contribution is -0.141. The molecule has 0 saturated heterocycles. The number of nitrogens with one attached hydrogen (secondary N) is 3. The van der Waals surface area contributed by atoms with Crippen molar-refractivity contribution < 1.29 is 42.3 Å². The summed E-state index contributed by atoms with van der Waals surface area (Å²) in [6.45, 7) is 13.7. The van der Waals surface area contributed by atoms with Crippen molar-refractivity contribution in [2.75, 3.05) is 50.8 Å². The number of hydrogen-bond acceptors (Lipinski definition) is 8. The molecule has 0 bridgehead atoms. The third-order valence-electron chi connectivity index (χ3n) is 9.70. The van der Waals surface area contributed by atoms with Crippen LogP contribution >= 0.6 is 11.8 Å². The summed E-state index contributed by atoms with van der Waals surface area (Å²) in [5.41, 5.74) is 1.67. The number of carbonyl (C=O) groups excluding carboxylic acids is 6. The van der Waals surface area contributed by atoms with Gasteiger partial charge in [-0.15, -0.1) is 0 Å². The molecule has 1 aliphatic heterocycles. The summed E-state index contributed by atoms with van der Waals surface area (Å²) in [7, 11) is -1.40. The summed E-state index contributed by atoms with van der Waals surface area (Å²) >= 11 is 1.29. The van der Waals surface area contributed by atoms with Gasteiger partial charge in [-0.1, -0.05) is 70.7 Å². The minimum atomic E-state index is -1.40. The average Bonchev–Trinajstić information content (AvgIpc) is 3.73. The normalized spacial score (nSPS) is 13.3. The van der Waals surface area contributed by atoms with Gasteiger partial charge < -0.3 is 30.2 Å². The zero-order valence-corrected chi connectivity index (χ0v) is 37.7. The summed E-state index contributed by atoms with van der Waals surface area (Å²) in [6, 6.07) is 15.1. The second-order valence-electron chi connectivity index (χ2n) is 17.1. The predicted molar refractivity (Wildman–Crippen MR) is 235 cm³/mol. The molecule has 1 aliphatic rings. The molecule has 2 aromatic carbocycles. The van der Waals surface area contributed by atoms with E-state index in [9.17, 15) is 33.2 Å². The highest BCUT2D eigenvalue weighted by atomic mass is 32.2. The number of imide groups is 1. The summed E-state index contributed by atoms with van der Waals surface area (Å²) in [4.78, 5) is 77.6. The topological polar surface area (TPSA) is 159 Å². The predicted octanol–water partition coefficient (Wildman–Crippen LogP) is 6.13. The Morgan fingerprint density at radius 1 is 0.885 bits per heavy atom. The summed E-state index contributed by atoms with van der Waals surface area (Å²) < 4.78 is 37.1. The Bertz CT molecular complexity index is 2030. The Kier molecular flexibility index (Phi) is 17.9. The molecule has 0 saturated carbocycles. The molecule has 2 heterocycles. The molecule has 3 N–H and O–H groups in total. The number of rotatable bonds is 22. The van der Waals surface area contributed by atoms with Crippen LogP contribution in [0.25, 0.3) is 11.1 Å². The van der Waals surface area contributed by atoms with Gasteiger partial charge in [0.05, 0.1) is 18.4 Å². The van der Waals surface area contributed by atoms with Gasteiger partial charge >= 0.3 is 6.09 Å². The van der Waals surface area contributed by atoms with Gasteiger partial charge in [-0.05, 0) is 47.7 Å². The van der Waals surface area contributed by atoms with E-state index >= 15 is 4.39 Å². The van der Waals surface area contributed by atoms with Crippen molar-refractivity contribution in [3.05, 3.63) is 95.8 Å². The van der Waals surface area contributed by atoms with E-state index in [0.717, 1.165) is 46.9 Å². The molecular formula is C44H58F2N6O7SSi. The van der Waals surface area contributed by atoms with Crippen LogP contribution in [0.15, 0.2) is 72.9 Å². The van der Waals surface area contributed by atoms with Gasteiger partial charge in [0, 0.05) is 88.1 Å². The fraction of sp³-hybridized carbons (Fsp3) is 0.455. The van der Waals surface area contributed by atoms with Crippen LogP contribution in [0.5, 0.6) is 0 Å².